The summed E-state index contributed by atoms with van der Waals surface area (Å²) in [6.45, 7) is 11.8. The summed E-state index contributed by atoms with van der Waals surface area (Å²) in [4.78, 5) is 0. The van der Waals surface area contributed by atoms with E-state index < -0.39 is 23.6 Å². The maximum atomic E-state index is 9.63. The van der Waals surface area contributed by atoms with E-state index in [0.29, 0.717) is 0 Å². The van der Waals surface area contributed by atoms with Crippen molar-refractivity contribution in [1.82, 2.24) is 0 Å². The Morgan fingerprint density at radius 2 is 0.733 bits per heavy atom. The first-order valence-electron chi connectivity index (χ1n) is 4.47. The largest absolute Gasteiger partial charge is 0.229 e. The normalized spacial score (nSPS) is 11.7. The van der Waals surface area contributed by atoms with E-state index in [4.69, 9.17) is 0 Å². The van der Waals surface area contributed by atoms with Crippen molar-refractivity contribution in [1.29, 1.82) is 0 Å². The molecule has 0 rings (SSSR count). The van der Waals surface area contributed by atoms with Crippen molar-refractivity contribution in [3.63, 3.8) is 0 Å². The highest BCUT2D eigenvalue weighted by Crippen LogP contribution is 2.28. The topological polar surface area (TPSA) is 34.1 Å². The molecule has 0 bridgehead atoms. The smallest absolute Gasteiger partial charge is 0.144 e. The van der Waals surface area contributed by atoms with E-state index in [2.05, 4.69) is 52.6 Å². The Hall–Kier alpha value is 0.550. The van der Waals surface area contributed by atoms with Gasteiger partial charge in [0.25, 0.3) is 0 Å². The van der Waals surface area contributed by atoms with E-state index in [1.807, 2.05) is 0 Å². The molecule has 0 aromatic heterocycles. The predicted octanol–water partition coefficient (Wildman–Crippen LogP) is 2.31. The van der Waals surface area contributed by atoms with Crippen molar-refractivity contribution in [3.05, 3.63) is 0 Å². The van der Waals surface area contributed by atoms with Crippen LogP contribution in [-0.4, -0.2) is 73.5 Å². The highest BCUT2D eigenvalue weighted by Gasteiger charge is 1.79. The van der Waals surface area contributed by atoms with Gasteiger partial charge in [-0.1, -0.05) is 0 Å². The average molecular weight is 274 g/mol. The van der Waals surface area contributed by atoms with Crippen molar-refractivity contribution in [2.75, 3.05) is 52.5 Å². The number of hydrogen-bond acceptors (Lipinski definition) is 2. The summed E-state index contributed by atoms with van der Waals surface area (Å²) in [7, 11) is -2.67. The summed E-state index contributed by atoms with van der Waals surface area (Å²) < 4.78 is 19.3. The quantitative estimate of drug-likeness (QED) is 0.635. The van der Waals surface area contributed by atoms with Gasteiger partial charge >= 0.3 is 0 Å². The van der Waals surface area contributed by atoms with Crippen LogP contribution in [0.3, 0.4) is 0 Å². The SMILES string of the molecule is C=P(C)(C)C.C=P(C)(C)C.CS(C)(=O)=O. The van der Waals surface area contributed by atoms with Gasteiger partial charge in [0.05, 0.1) is 0 Å². The molecule has 0 aliphatic rings. The molecule has 0 aromatic carbocycles. The maximum absolute atomic E-state index is 9.63. The lowest BCUT2D eigenvalue weighted by atomic mass is 11.8. The Morgan fingerprint density at radius 3 is 0.733 bits per heavy atom. The molecule has 2 nitrogen and oxygen atoms in total. The lowest BCUT2D eigenvalue weighted by molar-refractivity contribution is 0.607. The predicted molar refractivity (Wildman–Crippen MR) is 84.4 cm³/mol. The molecule has 0 saturated heterocycles. The molecule has 0 fully saturated rings. The summed E-state index contributed by atoms with van der Waals surface area (Å²) in [5.41, 5.74) is 0. The van der Waals surface area contributed by atoms with Gasteiger partial charge in [0.15, 0.2) is 0 Å². The zero-order chi connectivity index (χ0) is 13.5. The molecule has 0 unspecified atom stereocenters. The first-order valence-corrected chi connectivity index (χ1v) is 13.4. The third-order valence-corrected chi connectivity index (χ3v) is 0. The van der Waals surface area contributed by atoms with E-state index in [-0.39, 0.29) is 0 Å². The summed E-state index contributed by atoms with van der Waals surface area (Å²) in [6.07, 6.45) is 10.1. The first kappa shape index (κ1) is 20.9. The second-order valence-corrected chi connectivity index (χ2v) is 17.2. The molecule has 0 N–H and O–H groups in total. The van der Waals surface area contributed by atoms with E-state index in [1.54, 1.807) is 0 Å². The van der Waals surface area contributed by atoms with Crippen LogP contribution in [-0.2, 0) is 9.84 Å². The average Bonchev–Trinajstić information content (AvgIpc) is 1.41. The molecule has 0 saturated carbocycles. The van der Waals surface area contributed by atoms with Gasteiger partial charge in [-0.3, -0.25) is 0 Å². The van der Waals surface area contributed by atoms with Crippen molar-refractivity contribution >= 4 is 36.2 Å². The van der Waals surface area contributed by atoms with Gasteiger partial charge in [-0.05, 0) is 40.0 Å². The zero-order valence-corrected chi connectivity index (χ0v) is 14.1. The van der Waals surface area contributed by atoms with Gasteiger partial charge < -0.3 is 0 Å². The highest BCUT2D eigenvalue weighted by molar-refractivity contribution is 7.89. The Labute approximate surface area is 97.3 Å². The number of rotatable bonds is 0. The fraction of sp³-hybridized carbons (Fsp3) is 0.800. The molecule has 0 spiro atoms. The summed E-state index contributed by atoms with van der Waals surface area (Å²) in [6, 6.07) is 0. The zero-order valence-electron chi connectivity index (χ0n) is 11.5. The van der Waals surface area contributed by atoms with Crippen molar-refractivity contribution in [2.24, 2.45) is 0 Å². The molecule has 0 radical (unpaired) electrons. The molecule has 0 heterocycles. The van der Waals surface area contributed by atoms with Crippen LogP contribution in [0, 0.1) is 0 Å². The summed E-state index contributed by atoms with van der Waals surface area (Å²) in [5.74, 6) is 0. The van der Waals surface area contributed by atoms with Gasteiger partial charge in [-0.25, -0.2) is 8.42 Å². The third-order valence-electron chi connectivity index (χ3n) is 0. The van der Waals surface area contributed by atoms with Crippen LogP contribution < -0.4 is 0 Å². The third kappa shape index (κ3) is 7580. The van der Waals surface area contributed by atoms with Gasteiger partial charge in [0.2, 0.25) is 0 Å². The Kier molecular flexibility index (Phi) is 10.8. The molecule has 5 heteroatoms. The summed E-state index contributed by atoms with van der Waals surface area (Å²) >= 11 is 0. The highest BCUT2D eigenvalue weighted by atomic mass is 32.2. The minimum Gasteiger partial charge on any atom is -0.229 e. The van der Waals surface area contributed by atoms with Crippen LogP contribution in [0.25, 0.3) is 0 Å². The van der Waals surface area contributed by atoms with Crippen molar-refractivity contribution < 1.29 is 8.42 Å². The lowest BCUT2D eigenvalue weighted by Gasteiger charge is -1.96. The van der Waals surface area contributed by atoms with Crippen LogP contribution in [0.5, 0.6) is 0 Å². The van der Waals surface area contributed by atoms with E-state index in [0.717, 1.165) is 12.5 Å². The van der Waals surface area contributed by atoms with Gasteiger partial charge in [-0.2, -0.15) is 0 Å². The molecule has 0 aromatic rings. The van der Waals surface area contributed by atoms with Crippen LogP contribution in [0.1, 0.15) is 0 Å². The number of sulfone groups is 1. The maximum Gasteiger partial charge on any atom is 0.144 e. The Balaban J connectivity index is -0.000000144. The minimum absolute atomic E-state index is 0.639. The molecule has 0 aliphatic heterocycles. The second-order valence-electron chi connectivity index (χ2n) is 5.72. The van der Waals surface area contributed by atoms with Gasteiger partial charge in [-0.15, -0.1) is 26.4 Å². The fourth-order valence-corrected chi connectivity index (χ4v) is 0. The van der Waals surface area contributed by atoms with E-state index in [9.17, 15) is 8.42 Å². The molecular weight excluding hydrogens is 246 g/mol. The van der Waals surface area contributed by atoms with E-state index in [1.165, 1.54) is 0 Å². The molecule has 0 aliphatic carbocycles. The molecule has 0 atom stereocenters. The first-order chi connectivity index (χ1) is 6.00. The van der Waals surface area contributed by atoms with Gasteiger partial charge in [0, 0.05) is 12.5 Å². The van der Waals surface area contributed by atoms with Crippen LogP contribution in [0.4, 0.5) is 0 Å². The van der Waals surface area contributed by atoms with Crippen LogP contribution in [0.15, 0.2) is 0 Å². The minimum atomic E-state index is -2.67. The standard InChI is InChI=1S/2C4H11P.C2H6O2S/c3*1-5(2,3)4/h2*1H2,2-4H3;1-2H3. The number of hydrogen-bond donors (Lipinski definition) is 0. The van der Waals surface area contributed by atoms with E-state index >= 15 is 0 Å². The summed E-state index contributed by atoms with van der Waals surface area (Å²) in [5, 5.41) is 0. The van der Waals surface area contributed by atoms with Crippen molar-refractivity contribution in [2.45, 2.75) is 0 Å². The molecule has 96 valence electrons. The Morgan fingerprint density at radius 1 is 0.733 bits per heavy atom. The van der Waals surface area contributed by atoms with Crippen LogP contribution in [0.2, 0.25) is 0 Å². The second kappa shape index (κ2) is 7.76. The lowest BCUT2D eigenvalue weighted by Crippen LogP contribution is -1.86. The molecule has 0 amide bonds. The van der Waals surface area contributed by atoms with Gasteiger partial charge in [0.1, 0.15) is 9.84 Å². The molecular formula is C10H28O2P2S. The Bertz CT molecular complexity index is 286. The molecule has 15 heavy (non-hydrogen) atoms. The monoisotopic (exact) mass is 274 g/mol. The van der Waals surface area contributed by atoms with Crippen LogP contribution >= 0.6 is 13.8 Å². The van der Waals surface area contributed by atoms with Crippen molar-refractivity contribution in [3.8, 4) is 0 Å². The fourth-order valence-electron chi connectivity index (χ4n) is 0.